The quantitative estimate of drug-likeness (QED) is 0.402. The first-order valence-corrected chi connectivity index (χ1v) is 10.3. The van der Waals surface area contributed by atoms with Crippen LogP contribution in [-0.4, -0.2) is 16.5 Å². The van der Waals surface area contributed by atoms with Gasteiger partial charge in [0.25, 0.3) is 5.56 Å². The summed E-state index contributed by atoms with van der Waals surface area (Å²) in [4.78, 5) is 17.4. The monoisotopic (exact) mass is 432 g/mol. The lowest BCUT2D eigenvalue weighted by molar-refractivity contribution is 0.375. The van der Waals surface area contributed by atoms with E-state index in [1.807, 2.05) is 19.1 Å². The summed E-state index contributed by atoms with van der Waals surface area (Å²) in [6, 6.07) is 15.1. The smallest absolute Gasteiger partial charge is 0.258 e. The topological polar surface area (TPSA) is 52.8 Å². The lowest BCUT2D eigenvalue weighted by Gasteiger charge is -2.23. The number of pyridine rings is 1. The molecule has 0 fully saturated rings. The van der Waals surface area contributed by atoms with Crippen LogP contribution in [0.3, 0.4) is 0 Å². The Labute approximate surface area is 186 Å². The predicted molar refractivity (Wildman–Crippen MR) is 123 cm³/mol. The van der Waals surface area contributed by atoms with E-state index in [0.29, 0.717) is 28.4 Å². The minimum absolute atomic E-state index is 0.134. The number of aryl methyl sites for hydroxylation is 1. The van der Waals surface area contributed by atoms with Gasteiger partial charge in [0.2, 0.25) is 0 Å². The van der Waals surface area contributed by atoms with Crippen molar-refractivity contribution in [2.75, 3.05) is 7.11 Å². The van der Waals surface area contributed by atoms with Gasteiger partial charge in [0.15, 0.2) is 11.5 Å². The van der Waals surface area contributed by atoms with E-state index in [1.54, 1.807) is 18.3 Å². The summed E-state index contributed by atoms with van der Waals surface area (Å²) >= 11 is 0. The van der Waals surface area contributed by atoms with Gasteiger partial charge >= 0.3 is 0 Å². The highest BCUT2D eigenvalue weighted by Gasteiger charge is 2.22. The van der Waals surface area contributed by atoms with Crippen molar-refractivity contribution in [1.29, 1.82) is 0 Å². The van der Waals surface area contributed by atoms with Crippen LogP contribution in [0.1, 0.15) is 31.9 Å². The third kappa shape index (κ3) is 4.08. The van der Waals surface area contributed by atoms with E-state index < -0.39 is 5.82 Å². The number of rotatable bonds is 4. The Bertz CT molecular complexity index is 1370. The maximum absolute atomic E-state index is 13.7. The van der Waals surface area contributed by atoms with Crippen LogP contribution >= 0.6 is 0 Å². The van der Waals surface area contributed by atoms with E-state index in [4.69, 9.17) is 14.5 Å². The molecular weight excluding hydrogens is 407 g/mol. The van der Waals surface area contributed by atoms with Gasteiger partial charge in [-0.05, 0) is 53.8 Å². The minimum atomic E-state index is -0.418. The first kappa shape index (κ1) is 21.6. The van der Waals surface area contributed by atoms with Crippen LogP contribution in [0.4, 0.5) is 4.39 Å². The third-order valence-electron chi connectivity index (χ3n) is 5.34. The van der Waals surface area contributed by atoms with Crippen LogP contribution < -0.4 is 15.0 Å². The van der Waals surface area contributed by atoms with Gasteiger partial charge in [-0.25, -0.2) is 9.37 Å². The Balaban J connectivity index is 1.96. The van der Waals surface area contributed by atoms with Gasteiger partial charge in [-0.3, -0.25) is 9.20 Å². The Morgan fingerprint density at radius 2 is 1.75 bits per heavy atom. The SMILES string of the molecule is COc1cc(F)ccc1Oc1cc(C(C)(C)C)cc(C)c1-c1cc(=O)n2ccccc2n1. The number of nitrogens with zero attached hydrogens (tertiary/aromatic N) is 2. The number of methoxy groups -OCH3 is 1. The van der Waals surface area contributed by atoms with Gasteiger partial charge in [0.05, 0.1) is 12.8 Å². The zero-order valence-electron chi connectivity index (χ0n) is 18.8. The molecule has 0 N–H and O–H groups in total. The molecule has 0 saturated heterocycles. The van der Waals surface area contributed by atoms with Crippen LogP contribution in [0.25, 0.3) is 16.9 Å². The lowest BCUT2D eigenvalue weighted by atomic mass is 9.84. The molecule has 164 valence electrons. The molecule has 0 aliphatic carbocycles. The molecule has 6 heteroatoms. The number of fused-ring (bicyclic) bond motifs is 1. The summed E-state index contributed by atoms with van der Waals surface area (Å²) in [5.74, 6) is 0.754. The molecule has 0 atom stereocenters. The molecule has 0 aliphatic rings. The van der Waals surface area contributed by atoms with Crippen molar-refractivity contribution in [3.8, 4) is 28.5 Å². The standard InChI is InChI=1S/C26H25FN2O3/c1-16-12-17(26(2,3)4)13-22(32-20-10-9-18(27)14-21(20)31-5)25(16)19-15-24(30)29-11-7-6-8-23(29)28-19/h6-15H,1-5H3. The van der Waals surface area contributed by atoms with E-state index in [9.17, 15) is 9.18 Å². The highest BCUT2D eigenvalue weighted by molar-refractivity contribution is 5.74. The lowest BCUT2D eigenvalue weighted by Crippen LogP contribution is -2.15. The van der Waals surface area contributed by atoms with Crippen molar-refractivity contribution >= 4 is 5.65 Å². The van der Waals surface area contributed by atoms with Gasteiger partial charge in [-0.2, -0.15) is 0 Å². The molecule has 32 heavy (non-hydrogen) atoms. The molecule has 2 aromatic heterocycles. The van der Waals surface area contributed by atoms with E-state index in [0.717, 1.165) is 11.1 Å². The zero-order chi connectivity index (χ0) is 23.0. The number of halogens is 1. The first-order chi connectivity index (χ1) is 15.2. The molecule has 2 aromatic carbocycles. The van der Waals surface area contributed by atoms with Crippen LogP contribution in [0.5, 0.6) is 17.2 Å². The summed E-state index contributed by atoms with van der Waals surface area (Å²) in [6.07, 6.45) is 1.69. The van der Waals surface area contributed by atoms with Crippen molar-refractivity contribution in [3.63, 3.8) is 0 Å². The molecule has 4 rings (SSSR count). The summed E-state index contributed by atoms with van der Waals surface area (Å²) in [5.41, 5.74) is 3.41. The minimum Gasteiger partial charge on any atom is -0.493 e. The van der Waals surface area contributed by atoms with Crippen LogP contribution in [-0.2, 0) is 5.41 Å². The highest BCUT2D eigenvalue weighted by atomic mass is 19.1. The average Bonchev–Trinajstić information content (AvgIpc) is 2.74. The third-order valence-corrected chi connectivity index (χ3v) is 5.34. The Kier molecular flexibility index (Phi) is 5.46. The van der Waals surface area contributed by atoms with Gasteiger partial charge in [0.1, 0.15) is 17.2 Å². The molecule has 2 heterocycles. The molecule has 0 radical (unpaired) electrons. The van der Waals surface area contributed by atoms with Crippen LogP contribution in [0.2, 0.25) is 0 Å². The van der Waals surface area contributed by atoms with Gasteiger partial charge < -0.3 is 9.47 Å². The van der Waals surface area contributed by atoms with E-state index >= 15 is 0 Å². The Morgan fingerprint density at radius 3 is 2.47 bits per heavy atom. The van der Waals surface area contributed by atoms with Crippen molar-refractivity contribution in [3.05, 3.63) is 88.1 Å². The normalized spacial score (nSPS) is 11.6. The summed E-state index contributed by atoms with van der Waals surface area (Å²) < 4.78 is 26.8. The molecule has 0 unspecified atom stereocenters. The Morgan fingerprint density at radius 1 is 0.969 bits per heavy atom. The molecule has 0 aliphatic heterocycles. The van der Waals surface area contributed by atoms with Crippen molar-refractivity contribution < 1.29 is 13.9 Å². The first-order valence-electron chi connectivity index (χ1n) is 10.3. The predicted octanol–water partition coefficient (Wildman–Crippen LogP) is 5.91. The second-order valence-electron chi connectivity index (χ2n) is 8.72. The summed E-state index contributed by atoms with van der Waals surface area (Å²) in [5, 5.41) is 0. The number of hydrogen-bond acceptors (Lipinski definition) is 4. The van der Waals surface area contributed by atoms with Gasteiger partial charge in [-0.1, -0.05) is 32.9 Å². The molecule has 0 saturated carbocycles. The largest absolute Gasteiger partial charge is 0.493 e. The van der Waals surface area contributed by atoms with Crippen LogP contribution in [0, 0.1) is 12.7 Å². The fourth-order valence-corrected chi connectivity index (χ4v) is 3.62. The fourth-order valence-electron chi connectivity index (χ4n) is 3.62. The molecule has 0 spiro atoms. The van der Waals surface area contributed by atoms with Gasteiger partial charge in [0, 0.05) is 23.9 Å². The van der Waals surface area contributed by atoms with E-state index in [1.165, 1.54) is 35.8 Å². The zero-order valence-corrected chi connectivity index (χ0v) is 18.8. The maximum atomic E-state index is 13.7. The van der Waals surface area contributed by atoms with Crippen molar-refractivity contribution in [2.45, 2.75) is 33.1 Å². The molecule has 5 nitrogen and oxygen atoms in total. The second kappa shape index (κ2) is 8.11. The summed E-state index contributed by atoms with van der Waals surface area (Å²) in [7, 11) is 1.46. The highest BCUT2D eigenvalue weighted by Crippen LogP contribution is 2.41. The number of hydrogen-bond donors (Lipinski definition) is 0. The fraction of sp³-hybridized carbons (Fsp3) is 0.231. The number of benzene rings is 2. The maximum Gasteiger partial charge on any atom is 0.258 e. The Hall–Kier alpha value is -3.67. The molecule has 0 bridgehead atoms. The molecular formula is C26H25FN2O3. The van der Waals surface area contributed by atoms with E-state index in [2.05, 4.69) is 26.8 Å². The second-order valence-corrected chi connectivity index (χ2v) is 8.72. The number of ether oxygens (including phenoxy) is 2. The van der Waals surface area contributed by atoms with E-state index in [-0.39, 0.29) is 16.7 Å². The molecule has 4 aromatic rings. The van der Waals surface area contributed by atoms with Crippen molar-refractivity contribution in [2.24, 2.45) is 0 Å². The van der Waals surface area contributed by atoms with Crippen LogP contribution in [0.15, 0.2) is 65.6 Å². The van der Waals surface area contributed by atoms with Crippen molar-refractivity contribution in [1.82, 2.24) is 9.38 Å². The molecule has 0 amide bonds. The average molecular weight is 432 g/mol. The number of aromatic nitrogens is 2. The van der Waals surface area contributed by atoms with Gasteiger partial charge in [-0.15, -0.1) is 0 Å². The summed E-state index contributed by atoms with van der Waals surface area (Å²) in [6.45, 7) is 8.31.